The van der Waals surface area contributed by atoms with Gasteiger partial charge < -0.3 is 9.73 Å². The Morgan fingerprint density at radius 2 is 2.07 bits per heavy atom. The number of aryl methyl sites for hydroxylation is 2. The minimum atomic E-state index is -0.0295. The highest BCUT2D eigenvalue weighted by atomic mass is 16.4. The van der Waals surface area contributed by atoms with E-state index < -0.39 is 0 Å². The normalized spacial score (nSPS) is 16.2. The minimum Gasteiger partial charge on any atom is -0.444 e. The lowest BCUT2D eigenvalue weighted by Crippen LogP contribution is -2.38. The molecule has 148 valence electrons. The number of oxazole rings is 1. The highest BCUT2D eigenvalue weighted by Crippen LogP contribution is 2.19. The summed E-state index contributed by atoms with van der Waals surface area (Å²) in [5, 5.41) is 7.33. The molecule has 1 fully saturated rings. The van der Waals surface area contributed by atoms with Gasteiger partial charge in [0.15, 0.2) is 0 Å². The summed E-state index contributed by atoms with van der Waals surface area (Å²) in [6.07, 6.45) is 5.63. The Labute approximate surface area is 161 Å². The molecule has 3 rings (SSSR count). The van der Waals surface area contributed by atoms with Crippen LogP contribution in [0.5, 0.6) is 0 Å². The third-order valence-electron chi connectivity index (χ3n) is 5.14. The van der Waals surface area contributed by atoms with Gasteiger partial charge in [-0.1, -0.05) is 13.8 Å². The van der Waals surface area contributed by atoms with E-state index in [9.17, 15) is 4.79 Å². The van der Waals surface area contributed by atoms with Gasteiger partial charge in [0.05, 0.1) is 24.0 Å². The van der Waals surface area contributed by atoms with Crippen molar-refractivity contribution < 1.29 is 9.21 Å². The second-order valence-corrected chi connectivity index (χ2v) is 8.02. The number of likely N-dealkylation sites (tertiary alicyclic amines) is 1. The maximum absolute atomic E-state index is 12.3. The van der Waals surface area contributed by atoms with Crippen molar-refractivity contribution in [1.29, 1.82) is 0 Å². The van der Waals surface area contributed by atoms with Crippen LogP contribution in [0.1, 0.15) is 54.4 Å². The van der Waals surface area contributed by atoms with Crippen LogP contribution in [0.4, 0.5) is 0 Å². The molecule has 1 aliphatic rings. The van der Waals surface area contributed by atoms with Gasteiger partial charge in [-0.05, 0) is 51.6 Å². The van der Waals surface area contributed by atoms with Crippen molar-refractivity contribution in [2.24, 2.45) is 11.8 Å². The fourth-order valence-corrected chi connectivity index (χ4v) is 3.44. The Balaban J connectivity index is 1.40. The summed E-state index contributed by atoms with van der Waals surface area (Å²) >= 11 is 0. The molecule has 7 nitrogen and oxygen atoms in total. The fraction of sp³-hybridized carbons (Fsp3) is 0.650. The van der Waals surface area contributed by atoms with Crippen LogP contribution in [0.3, 0.4) is 0 Å². The molecule has 1 N–H and O–H groups in total. The van der Waals surface area contributed by atoms with Crippen LogP contribution in [0.2, 0.25) is 0 Å². The van der Waals surface area contributed by atoms with Crippen LogP contribution >= 0.6 is 0 Å². The summed E-state index contributed by atoms with van der Waals surface area (Å²) < 4.78 is 7.52. The minimum absolute atomic E-state index is 0.0295. The number of hydrogen-bond acceptors (Lipinski definition) is 5. The van der Waals surface area contributed by atoms with Crippen LogP contribution in [0.15, 0.2) is 16.8 Å². The molecule has 0 spiro atoms. The SMILES string of the molecule is Cc1nc(CN2CCC(CNC(=O)c3cnn(CC(C)C)c3)CC2)oc1C. The van der Waals surface area contributed by atoms with E-state index in [4.69, 9.17) is 4.42 Å². The molecule has 7 heteroatoms. The first-order valence-electron chi connectivity index (χ1n) is 9.86. The van der Waals surface area contributed by atoms with Crippen LogP contribution in [-0.2, 0) is 13.1 Å². The zero-order valence-electron chi connectivity index (χ0n) is 16.9. The van der Waals surface area contributed by atoms with Crippen LogP contribution < -0.4 is 5.32 Å². The predicted octanol–water partition coefficient (Wildman–Crippen LogP) is 2.79. The largest absolute Gasteiger partial charge is 0.444 e. The van der Waals surface area contributed by atoms with Gasteiger partial charge in [-0.3, -0.25) is 14.4 Å². The molecule has 0 atom stereocenters. The number of carbonyl (C=O) groups is 1. The molecule has 0 aromatic carbocycles. The van der Waals surface area contributed by atoms with E-state index in [1.54, 1.807) is 6.20 Å². The average Bonchev–Trinajstić information content (AvgIpc) is 3.20. The molecule has 2 aromatic heterocycles. The lowest BCUT2D eigenvalue weighted by molar-refractivity contribution is 0.0933. The first-order valence-corrected chi connectivity index (χ1v) is 9.86. The zero-order valence-corrected chi connectivity index (χ0v) is 16.9. The first kappa shape index (κ1) is 19.6. The van der Waals surface area contributed by atoms with Gasteiger partial charge in [-0.25, -0.2) is 4.98 Å². The van der Waals surface area contributed by atoms with Crippen molar-refractivity contribution >= 4 is 5.91 Å². The summed E-state index contributed by atoms with van der Waals surface area (Å²) in [7, 11) is 0. The zero-order chi connectivity index (χ0) is 19.4. The standard InChI is InChI=1S/C20H31N5O2/c1-14(2)11-25-12-18(10-22-25)20(26)21-9-17-5-7-24(8-6-17)13-19-23-15(3)16(4)27-19/h10,12,14,17H,5-9,11,13H2,1-4H3,(H,21,26). The van der Waals surface area contributed by atoms with E-state index in [-0.39, 0.29) is 5.91 Å². The molecule has 0 unspecified atom stereocenters. The molecule has 2 aromatic rings. The number of aromatic nitrogens is 3. The Morgan fingerprint density at radius 1 is 1.33 bits per heavy atom. The quantitative estimate of drug-likeness (QED) is 0.808. The summed E-state index contributed by atoms with van der Waals surface area (Å²) in [5.74, 6) is 2.70. The topological polar surface area (TPSA) is 76.2 Å². The second-order valence-electron chi connectivity index (χ2n) is 8.02. The monoisotopic (exact) mass is 373 g/mol. The molecule has 1 saturated heterocycles. The molecule has 1 amide bonds. The van der Waals surface area contributed by atoms with Crippen LogP contribution in [-0.4, -0.2) is 45.2 Å². The van der Waals surface area contributed by atoms with Gasteiger partial charge >= 0.3 is 0 Å². The third kappa shape index (κ3) is 5.42. The highest BCUT2D eigenvalue weighted by Gasteiger charge is 2.21. The number of piperidine rings is 1. The fourth-order valence-electron chi connectivity index (χ4n) is 3.44. The van der Waals surface area contributed by atoms with Gasteiger partial charge in [0.2, 0.25) is 5.89 Å². The number of carbonyl (C=O) groups excluding carboxylic acids is 1. The molecule has 3 heterocycles. The van der Waals surface area contributed by atoms with Crippen molar-refractivity contribution in [3.8, 4) is 0 Å². The third-order valence-corrected chi connectivity index (χ3v) is 5.14. The van der Waals surface area contributed by atoms with E-state index in [0.29, 0.717) is 17.4 Å². The van der Waals surface area contributed by atoms with Crippen molar-refractivity contribution in [3.63, 3.8) is 0 Å². The van der Waals surface area contributed by atoms with Gasteiger partial charge in [-0.2, -0.15) is 5.10 Å². The van der Waals surface area contributed by atoms with Gasteiger partial charge in [0.1, 0.15) is 5.76 Å². The van der Waals surface area contributed by atoms with Crippen molar-refractivity contribution in [2.75, 3.05) is 19.6 Å². The molecule has 1 aliphatic heterocycles. The molecular formula is C20H31N5O2. The number of amides is 1. The molecular weight excluding hydrogens is 342 g/mol. The first-order chi connectivity index (χ1) is 12.9. The van der Waals surface area contributed by atoms with E-state index >= 15 is 0 Å². The van der Waals surface area contributed by atoms with Crippen LogP contribution in [0, 0.1) is 25.7 Å². The van der Waals surface area contributed by atoms with Crippen molar-refractivity contribution in [2.45, 2.75) is 53.6 Å². The van der Waals surface area contributed by atoms with Crippen molar-refractivity contribution in [3.05, 3.63) is 35.3 Å². The summed E-state index contributed by atoms with van der Waals surface area (Å²) in [6.45, 7) is 12.5. The van der Waals surface area contributed by atoms with Gasteiger partial charge in [0.25, 0.3) is 5.91 Å². The smallest absolute Gasteiger partial charge is 0.254 e. The van der Waals surface area contributed by atoms with Crippen LogP contribution in [0.25, 0.3) is 0 Å². The van der Waals surface area contributed by atoms with E-state index in [2.05, 4.69) is 34.1 Å². The number of rotatable bonds is 7. The summed E-state index contributed by atoms with van der Waals surface area (Å²) in [6, 6.07) is 0. The Kier molecular flexibility index (Phi) is 6.31. The van der Waals surface area contributed by atoms with E-state index in [0.717, 1.165) is 62.9 Å². The summed E-state index contributed by atoms with van der Waals surface area (Å²) in [4.78, 5) is 19.2. The average molecular weight is 374 g/mol. The Hall–Kier alpha value is -2.15. The second kappa shape index (κ2) is 8.69. The lowest BCUT2D eigenvalue weighted by Gasteiger charge is -2.31. The molecule has 0 bridgehead atoms. The molecule has 0 aliphatic carbocycles. The number of nitrogens with one attached hydrogen (secondary N) is 1. The maximum Gasteiger partial charge on any atom is 0.254 e. The lowest BCUT2D eigenvalue weighted by atomic mass is 9.96. The van der Waals surface area contributed by atoms with Gasteiger partial charge in [0, 0.05) is 19.3 Å². The van der Waals surface area contributed by atoms with Gasteiger partial charge in [-0.15, -0.1) is 0 Å². The highest BCUT2D eigenvalue weighted by molar-refractivity contribution is 5.93. The van der Waals surface area contributed by atoms with E-state index in [1.807, 2.05) is 24.7 Å². The number of hydrogen-bond donors (Lipinski definition) is 1. The maximum atomic E-state index is 12.3. The Bertz CT molecular complexity index is 737. The van der Waals surface area contributed by atoms with E-state index in [1.165, 1.54) is 0 Å². The number of nitrogens with zero attached hydrogens (tertiary/aromatic N) is 4. The molecule has 27 heavy (non-hydrogen) atoms. The summed E-state index contributed by atoms with van der Waals surface area (Å²) in [5.41, 5.74) is 1.61. The van der Waals surface area contributed by atoms with Crippen molar-refractivity contribution in [1.82, 2.24) is 25.0 Å². The molecule has 0 radical (unpaired) electrons. The molecule has 0 saturated carbocycles. The predicted molar refractivity (Wildman–Crippen MR) is 103 cm³/mol. The Morgan fingerprint density at radius 3 is 2.70 bits per heavy atom.